The van der Waals surface area contributed by atoms with Gasteiger partial charge in [-0.15, -0.1) is 0 Å². The van der Waals surface area contributed by atoms with E-state index in [1.54, 1.807) is 12.1 Å². The number of nitrogens with two attached hydrogens (primary N) is 1. The Balaban J connectivity index is 2.31. The van der Waals surface area contributed by atoms with Gasteiger partial charge in [-0.25, -0.2) is 0 Å². The van der Waals surface area contributed by atoms with Gasteiger partial charge in [0.2, 0.25) is 0 Å². The molecule has 0 unspecified atom stereocenters. The lowest BCUT2D eigenvalue weighted by molar-refractivity contribution is -0.385. The Morgan fingerprint density at radius 2 is 2.06 bits per heavy atom. The minimum Gasteiger partial charge on any atom is -0.381 e. The lowest BCUT2D eigenvalue weighted by Crippen LogP contribution is -2.42. The number of rotatable bonds is 2. The summed E-state index contributed by atoms with van der Waals surface area (Å²) in [6.07, 6.45) is 1.41. The average Bonchev–Trinajstić information content (AvgIpc) is 2.30. The molecule has 1 aromatic rings. The van der Waals surface area contributed by atoms with Gasteiger partial charge in [-0.1, -0.05) is 12.1 Å². The zero-order valence-corrected chi connectivity index (χ0v) is 8.89. The summed E-state index contributed by atoms with van der Waals surface area (Å²) in [6.45, 7) is 1.22. The minimum absolute atomic E-state index is 0.0915. The van der Waals surface area contributed by atoms with Gasteiger partial charge in [0.25, 0.3) is 5.69 Å². The number of nitro benzene ring substituents is 1. The van der Waals surface area contributed by atoms with Crippen molar-refractivity contribution in [1.82, 2.24) is 0 Å². The molecule has 1 aliphatic heterocycles. The lowest BCUT2D eigenvalue weighted by Gasteiger charge is -2.33. The molecule has 1 aliphatic rings. The summed E-state index contributed by atoms with van der Waals surface area (Å²) in [5, 5.41) is 10.7. The van der Waals surface area contributed by atoms with Gasteiger partial charge in [0.05, 0.1) is 4.92 Å². The number of nitrogens with zero attached hydrogens (tertiary/aromatic N) is 1. The van der Waals surface area contributed by atoms with Gasteiger partial charge in [0.15, 0.2) is 0 Å². The summed E-state index contributed by atoms with van der Waals surface area (Å²) in [7, 11) is 0. The van der Waals surface area contributed by atoms with Gasteiger partial charge in [-0.2, -0.15) is 0 Å². The first-order valence-electron chi connectivity index (χ1n) is 5.23. The molecule has 0 radical (unpaired) electrons. The van der Waals surface area contributed by atoms with Crippen molar-refractivity contribution in [2.75, 3.05) is 13.2 Å². The van der Waals surface area contributed by atoms with Crippen molar-refractivity contribution in [1.29, 1.82) is 0 Å². The van der Waals surface area contributed by atoms with Crippen LogP contribution in [0, 0.1) is 10.1 Å². The second kappa shape index (κ2) is 4.19. The van der Waals surface area contributed by atoms with E-state index in [0.29, 0.717) is 26.1 Å². The average molecular weight is 222 g/mol. The molecule has 0 amide bonds. The Labute approximate surface area is 93.4 Å². The van der Waals surface area contributed by atoms with Crippen molar-refractivity contribution in [2.45, 2.75) is 18.4 Å². The normalized spacial score (nSPS) is 19.3. The molecular formula is C11H14N2O3. The Morgan fingerprint density at radius 1 is 1.38 bits per heavy atom. The summed E-state index contributed by atoms with van der Waals surface area (Å²) >= 11 is 0. The fourth-order valence-corrected chi connectivity index (χ4v) is 1.95. The van der Waals surface area contributed by atoms with Crippen LogP contribution in [0.2, 0.25) is 0 Å². The second-order valence-corrected chi connectivity index (χ2v) is 4.08. The number of non-ortho nitro benzene ring substituents is 1. The highest BCUT2D eigenvalue weighted by atomic mass is 16.6. The van der Waals surface area contributed by atoms with Gasteiger partial charge in [-0.3, -0.25) is 10.1 Å². The Hall–Kier alpha value is -1.46. The zero-order chi connectivity index (χ0) is 11.6. The standard InChI is InChI=1S/C11H14N2O3/c12-11(4-6-16-7-5-11)9-2-1-3-10(8-9)13(14)15/h1-3,8H,4-7,12H2. The predicted octanol–water partition coefficient (Wildman–Crippen LogP) is 1.56. The maximum absolute atomic E-state index is 10.7. The largest absolute Gasteiger partial charge is 0.381 e. The van der Waals surface area contributed by atoms with E-state index < -0.39 is 10.5 Å². The molecule has 0 saturated carbocycles. The van der Waals surface area contributed by atoms with Crippen LogP contribution in [-0.4, -0.2) is 18.1 Å². The molecule has 16 heavy (non-hydrogen) atoms. The third-order valence-electron chi connectivity index (χ3n) is 3.02. The molecule has 1 heterocycles. The molecule has 1 aromatic carbocycles. The number of nitro groups is 1. The molecule has 0 spiro atoms. The fraction of sp³-hybridized carbons (Fsp3) is 0.455. The molecule has 0 aliphatic carbocycles. The van der Waals surface area contributed by atoms with Crippen molar-refractivity contribution in [3.8, 4) is 0 Å². The predicted molar refractivity (Wildman–Crippen MR) is 59.0 cm³/mol. The lowest BCUT2D eigenvalue weighted by atomic mass is 9.84. The fourth-order valence-electron chi connectivity index (χ4n) is 1.95. The van der Waals surface area contributed by atoms with Crippen LogP contribution in [-0.2, 0) is 10.3 Å². The molecule has 1 saturated heterocycles. The van der Waals surface area contributed by atoms with E-state index >= 15 is 0 Å². The minimum atomic E-state index is -0.482. The first-order valence-corrected chi connectivity index (χ1v) is 5.23. The van der Waals surface area contributed by atoms with Crippen molar-refractivity contribution < 1.29 is 9.66 Å². The van der Waals surface area contributed by atoms with Crippen LogP contribution < -0.4 is 5.73 Å². The van der Waals surface area contributed by atoms with Crippen molar-refractivity contribution >= 4 is 5.69 Å². The maximum Gasteiger partial charge on any atom is 0.269 e. The van der Waals surface area contributed by atoms with Crippen LogP contribution >= 0.6 is 0 Å². The van der Waals surface area contributed by atoms with Crippen LogP contribution in [0.5, 0.6) is 0 Å². The summed E-state index contributed by atoms with van der Waals surface area (Å²) in [6, 6.07) is 6.56. The Morgan fingerprint density at radius 3 is 2.69 bits per heavy atom. The van der Waals surface area contributed by atoms with E-state index in [0.717, 1.165) is 5.56 Å². The molecule has 5 heteroatoms. The van der Waals surface area contributed by atoms with E-state index in [1.807, 2.05) is 6.07 Å². The molecule has 2 N–H and O–H groups in total. The van der Waals surface area contributed by atoms with E-state index in [9.17, 15) is 10.1 Å². The second-order valence-electron chi connectivity index (χ2n) is 4.08. The molecule has 0 atom stereocenters. The van der Waals surface area contributed by atoms with Crippen LogP contribution in [0.1, 0.15) is 18.4 Å². The van der Waals surface area contributed by atoms with Gasteiger partial charge < -0.3 is 10.5 Å². The summed E-state index contributed by atoms with van der Waals surface area (Å²) in [5.74, 6) is 0. The molecule has 1 fully saturated rings. The number of benzene rings is 1. The third-order valence-corrected chi connectivity index (χ3v) is 3.02. The molecule has 0 aromatic heterocycles. The number of hydrogen-bond acceptors (Lipinski definition) is 4. The van der Waals surface area contributed by atoms with E-state index in [-0.39, 0.29) is 5.69 Å². The highest BCUT2D eigenvalue weighted by molar-refractivity contribution is 5.38. The summed E-state index contributed by atoms with van der Waals surface area (Å²) in [4.78, 5) is 10.3. The number of ether oxygens (including phenoxy) is 1. The molecular weight excluding hydrogens is 208 g/mol. The number of hydrogen-bond donors (Lipinski definition) is 1. The topological polar surface area (TPSA) is 78.4 Å². The van der Waals surface area contributed by atoms with Crippen molar-refractivity contribution in [3.63, 3.8) is 0 Å². The van der Waals surface area contributed by atoms with Crippen LogP contribution in [0.25, 0.3) is 0 Å². The quantitative estimate of drug-likeness (QED) is 0.608. The Kier molecular flexibility index (Phi) is 2.89. The first-order chi connectivity index (χ1) is 7.62. The monoisotopic (exact) mass is 222 g/mol. The van der Waals surface area contributed by atoms with E-state index in [4.69, 9.17) is 10.5 Å². The smallest absolute Gasteiger partial charge is 0.269 e. The van der Waals surface area contributed by atoms with Gasteiger partial charge >= 0.3 is 0 Å². The molecule has 0 bridgehead atoms. The van der Waals surface area contributed by atoms with Gasteiger partial charge in [-0.05, 0) is 18.4 Å². The third kappa shape index (κ3) is 2.05. The zero-order valence-electron chi connectivity index (χ0n) is 8.89. The van der Waals surface area contributed by atoms with Crippen LogP contribution in [0.4, 0.5) is 5.69 Å². The summed E-state index contributed by atoms with van der Waals surface area (Å²) < 4.78 is 5.25. The van der Waals surface area contributed by atoms with Crippen molar-refractivity contribution in [3.05, 3.63) is 39.9 Å². The van der Waals surface area contributed by atoms with Crippen LogP contribution in [0.3, 0.4) is 0 Å². The SMILES string of the molecule is NC1(c2cccc([N+](=O)[O-])c2)CCOCC1. The van der Waals surface area contributed by atoms with E-state index in [2.05, 4.69) is 0 Å². The molecule has 86 valence electrons. The highest BCUT2D eigenvalue weighted by Crippen LogP contribution is 2.31. The summed E-state index contributed by atoms with van der Waals surface area (Å²) in [5.41, 5.74) is 6.68. The molecule has 5 nitrogen and oxygen atoms in total. The van der Waals surface area contributed by atoms with Crippen LogP contribution in [0.15, 0.2) is 24.3 Å². The Bertz CT molecular complexity index is 400. The molecule has 2 rings (SSSR count). The van der Waals surface area contributed by atoms with Crippen molar-refractivity contribution in [2.24, 2.45) is 5.73 Å². The first kappa shape index (κ1) is 11.0. The van der Waals surface area contributed by atoms with Gasteiger partial charge in [0, 0.05) is 30.9 Å². The van der Waals surface area contributed by atoms with E-state index in [1.165, 1.54) is 6.07 Å². The van der Waals surface area contributed by atoms with Gasteiger partial charge in [0.1, 0.15) is 0 Å². The highest BCUT2D eigenvalue weighted by Gasteiger charge is 2.30. The maximum atomic E-state index is 10.7.